The van der Waals surface area contributed by atoms with Crippen LogP contribution in [0.5, 0.6) is 0 Å². The van der Waals surface area contributed by atoms with Gasteiger partial charge in [-0.3, -0.25) is 4.90 Å². The van der Waals surface area contributed by atoms with E-state index in [-0.39, 0.29) is 25.6 Å². The lowest BCUT2D eigenvalue weighted by atomic mass is 10.1. The summed E-state index contributed by atoms with van der Waals surface area (Å²) in [4.78, 5) is 26.2. The number of hydrogen-bond donors (Lipinski definition) is 1. The zero-order valence-corrected chi connectivity index (χ0v) is 15.6. The lowest BCUT2D eigenvalue weighted by molar-refractivity contribution is -0.150. The number of esters is 1. The predicted octanol–water partition coefficient (Wildman–Crippen LogP) is 2.89. The van der Waals surface area contributed by atoms with E-state index in [9.17, 15) is 9.59 Å². The number of nitrogens with zero attached hydrogens (tertiary/aromatic N) is 1. The standard InChI is InChI=1S/C20H22N2O4.ClH/c21-17-11-12-22(20(24)26-14-16-9-5-2-6-10-16)18(17)19(23)25-13-15-7-3-1-4-8-15;/h1-10,17-18H,11-14,21H2;1H/t17?,18-;/m1./s1. The number of benzene rings is 2. The van der Waals surface area contributed by atoms with Crippen LogP contribution in [-0.2, 0) is 27.5 Å². The van der Waals surface area contributed by atoms with Crippen LogP contribution in [0.3, 0.4) is 0 Å². The van der Waals surface area contributed by atoms with E-state index >= 15 is 0 Å². The van der Waals surface area contributed by atoms with Crippen molar-refractivity contribution >= 4 is 24.5 Å². The van der Waals surface area contributed by atoms with Crippen LogP contribution in [0.2, 0.25) is 0 Å². The van der Waals surface area contributed by atoms with Crippen molar-refractivity contribution in [2.75, 3.05) is 6.54 Å². The number of hydrogen-bond acceptors (Lipinski definition) is 5. The number of amides is 1. The summed E-state index contributed by atoms with van der Waals surface area (Å²) in [6.45, 7) is 0.673. The molecule has 1 saturated heterocycles. The first-order valence-electron chi connectivity index (χ1n) is 8.58. The lowest BCUT2D eigenvalue weighted by Gasteiger charge is -2.24. The van der Waals surface area contributed by atoms with Gasteiger partial charge in [-0.25, -0.2) is 9.59 Å². The number of carbonyl (C=O) groups is 2. The monoisotopic (exact) mass is 390 g/mol. The van der Waals surface area contributed by atoms with Crippen LogP contribution in [0.15, 0.2) is 60.7 Å². The van der Waals surface area contributed by atoms with Crippen LogP contribution < -0.4 is 5.73 Å². The van der Waals surface area contributed by atoms with Crippen molar-refractivity contribution in [3.05, 3.63) is 71.8 Å². The quantitative estimate of drug-likeness (QED) is 0.794. The summed E-state index contributed by atoms with van der Waals surface area (Å²) in [5.74, 6) is -0.504. The van der Waals surface area contributed by atoms with Crippen molar-refractivity contribution in [3.63, 3.8) is 0 Å². The maximum atomic E-state index is 12.5. The summed E-state index contributed by atoms with van der Waals surface area (Å²) < 4.78 is 10.7. The first kappa shape index (κ1) is 20.7. The largest absolute Gasteiger partial charge is 0.459 e. The number of nitrogens with two attached hydrogens (primary N) is 1. The normalized spacial score (nSPS) is 18.5. The second-order valence-corrected chi connectivity index (χ2v) is 6.22. The van der Waals surface area contributed by atoms with Crippen LogP contribution in [0.1, 0.15) is 17.5 Å². The average Bonchev–Trinajstić information content (AvgIpc) is 3.07. The zero-order valence-electron chi connectivity index (χ0n) is 14.8. The number of carbonyl (C=O) groups excluding carboxylic acids is 2. The van der Waals surface area contributed by atoms with E-state index in [0.717, 1.165) is 11.1 Å². The van der Waals surface area contributed by atoms with Gasteiger partial charge in [0.2, 0.25) is 0 Å². The summed E-state index contributed by atoms with van der Waals surface area (Å²) in [7, 11) is 0. The highest BCUT2D eigenvalue weighted by Crippen LogP contribution is 2.20. The summed E-state index contributed by atoms with van der Waals surface area (Å²) in [6.07, 6.45) is -0.0191. The first-order chi connectivity index (χ1) is 12.6. The molecule has 1 aliphatic rings. The molecule has 0 aromatic heterocycles. The second-order valence-electron chi connectivity index (χ2n) is 6.22. The Morgan fingerprint density at radius 2 is 1.44 bits per heavy atom. The molecule has 1 heterocycles. The third-order valence-corrected chi connectivity index (χ3v) is 4.35. The average molecular weight is 391 g/mol. The Labute approximate surface area is 164 Å². The van der Waals surface area contributed by atoms with Gasteiger partial charge in [0.25, 0.3) is 0 Å². The molecule has 1 fully saturated rings. The summed E-state index contributed by atoms with van der Waals surface area (Å²) in [6, 6.07) is 17.5. The molecule has 144 valence electrons. The fraction of sp³-hybridized carbons (Fsp3) is 0.300. The maximum absolute atomic E-state index is 12.5. The Kier molecular flexibility index (Phi) is 7.64. The number of ether oxygens (including phenoxy) is 2. The van der Waals surface area contributed by atoms with Crippen molar-refractivity contribution in [2.24, 2.45) is 5.73 Å². The van der Waals surface area contributed by atoms with Crippen LogP contribution in [0.4, 0.5) is 4.79 Å². The van der Waals surface area contributed by atoms with Gasteiger partial charge in [0.1, 0.15) is 19.3 Å². The SMILES string of the molecule is Cl.NC1CCN(C(=O)OCc2ccccc2)[C@H]1C(=O)OCc1ccccc1. The molecular formula is C20H23ClN2O4. The summed E-state index contributed by atoms with van der Waals surface area (Å²) >= 11 is 0. The smallest absolute Gasteiger partial charge is 0.410 e. The minimum atomic E-state index is -0.818. The molecule has 3 rings (SSSR count). The van der Waals surface area contributed by atoms with Gasteiger partial charge in [0.15, 0.2) is 0 Å². The molecule has 2 aromatic carbocycles. The van der Waals surface area contributed by atoms with Crippen molar-refractivity contribution in [3.8, 4) is 0 Å². The summed E-state index contributed by atoms with van der Waals surface area (Å²) in [5.41, 5.74) is 7.80. The van der Waals surface area contributed by atoms with E-state index in [1.54, 1.807) is 0 Å². The van der Waals surface area contributed by atoms with Gasteiger partial charge >= 0.3 is 12.1 Å². The fourth-order valence-corrected chi connectivity index (χ4v) is 2.94. The van der Waals surface area contributed by atoms with E-state index in [4.69, 9.17) is 15.2 Å². The van der Waals surface area contributed by atoms with Crippen LogP contribution in [-0.4, -0.2) is 35.6 Å². The molecule has 6 nitrogen and oxygen atoms in total. The topological polar surface area (TPSA) is 81.9 Å². The van der Waals surface area contributed by atoms with E-state index < -0.39 is 24.1 Å². The molecule has 27 heavy (non-hydrogen) atoms. The Hall–Kier alpha value is -2.57. The fourth-order valence-electron chi connectivity index (χ4n) is 2.94. The molecule has 2 atom stereocenters. The molecule has 0 radical (unpaired) electrons. The van der Waals surface area contributed by atoms with E-state index in [0.29, 0.717) is 13.0 Å². The van der Waals surface area contributed by atoms with Crippen LogP contribution in [0.25, 0.3) is 0 Å². The predicted molar refractivity (Wildman–Crippen MR) is 103 cm³/mol. The Bertz CT molecular complexity index is 742. The molecule has 2 aromatic rings. The summed E-state index contributed by atoms with van der Waals surface area (Å²) in [5, 5.41) is 0. The van der Waals surface area contributed by atoms with Gasteiger partial charge in [-0.15, -0.1) is 12.4 Å². The number of halogens is 1. The molecule has 1 amide bonds. The highest BCUT2D eigenvalue weighted by molar-refractivity contribution is 5.85. The van der Waals surface area contributed by atoms with Gasteiger partial charge in [-0.05, 0) is 17.5 Å². The molecule has 0 aliphatic carbocycles. The molecule has 0 saturated carbocycles. The molecule has 2 N–H and O–H groups in total. The van der Waals surface area contributed by atoms with Crippen molar-refractivity contribution in [2.45, 2.75) is 31.7 Å². The van der Waals surface area contributed by atoms with Gasteiger partial charge in [-0.1, -0.05) is 60.7 Å². The molecule has 0 bridgehead atoms. The zero-order chi connectivity index (χ0) is 18.4. The van der Waals surface area contributed by atoms with E-state index in [1.165, 1.54) is 4.90 Å². The van der Waals surface area contributed by atoms with Crippen molar-refractivity contribution in [1.29, 1.82) is 0 Å². The Morgan fingerprint density at radius 1 is 0.926 bits per heavy atom. The van der Waals surface area contributed by atoms with E-state index in [1.807, 2.05) is 60.7 Å². The maximum Gasteiger partial charge on any atom is 0.410 e. The third kappa shape index (κ3) is 5.45. The highest BCUT2D eigenvalue weighted by Gasteiger charge is 2.42. The molecule has 1 unspecified atom stereocenters. The molecular weight excluding hydrogens is 368 g/mol. The molecule has 7 heteroatoms. The van der Waals surface area contributed by atoms with Crippen LogP contribution >= 0.6 is 12.4 Å². The van der Waals surface area contributed by atoms with Gasteiger partial charge in [-0.2, -0.15) is 0 Å². The Balaban J connectivity index is 0.00000261. The lowest BCUT2D eigenvalue weighted by Crippen LogP contribution is -2.48. The first-order valence-corrected chi connectivity index (χ1v) is 8.58. The third-order valence-electron chi connectivity index (χ3n) is 4.35. The number of rotatable bonds is 5. The minimum Gasteiger partial charge on any atom is -0.459 e. The van der Waals surface area contributed by atoms with Gasteiger partial charge in [0, 0.05) is 12.6 Å². The minimum absolute atomic E-state index is 0. The van der Waals surface area contributed by atoms with E-state index in [2.05, 4.69) is 0 Å². The van der Waals surface area contributed by atoms with Gasteiger partial charge < -0.3 is 15.2 Å². The number of likely N-dealkylation sites (tertiary alicyclic amines) is 1. The Morgan fingerprint density at radius 3 is 2.00 bits per heavy atom. The molecule has 0 spiro atoms. The van der Waals surface area contributed by atoms with Crippen LogP contribution in [0, 0.1) is 0 Å². The highest BCUT2D eigenvalue weighted by atomic mass is 35.5. The van der Waals surface area contributed by atoms with Gasteiger partial charge in [0.05, 0.1) is 0 Å². The van der Waals surface area contributed by atoms with Crippen molar-refractivity contribution < 1.29 is 19.1 Å². The molecule has 1 aliphatic heterocycles. The van der Waals surface area contributed by atoms with Crippen molar-refractivity contribution in [1.82, 2.24) is 4.90 Å². The second kappa shape index (κ2) is 9.94.